The summed E-state index contributed by atoms with van der Waals surface area (Å²) < 4.78 is 0. The fourth-order valence-electron chi connectivity index (χ4n) is 2.85. The predicted molar refractivity (Wildman–Crippen MR) is 67.1 cm³/mol. The molecule has 1 fully saturated rings. The second-order valence-corrected chi connectivity index (χ2v) is 6.16. The molecule has 0 spiro atoms. The SMILES string of the molecule is CC1CCC(CN)(CCc2cccs2)C1. The zero-order valence-electron chi connectivity index (χ0n) is 9.54. The first-order valence-corrected chi connectivity index (χ1v) is 6.84. The van der Waals surface area contributed by atoms with E-state index in [1.165, 1.54) is 37.0 Å². The molecule has 1 aromatic heterocycles. The van der Waals surface area contributed by atoms with Crippen LogP contribution in [-0.4, -0.2) is 6.54 Å². The van der Waals surface area contributed by atoms with Gasteiger partial charge < -0.3 is 5.73 Å². The molecule has 1 aromatic rings. The summed E-state index contributed by atoms with van der Waals surface area (Å²) in [5.74, 6) is 0.886. The van der Waals surface area contributed by atoms with Gasteiger partial charge in [-0.15, -0.1) is 11.3 Å². The number of nitrogens with two attached hydrogens (primary N) is 1. The fraction of sp³-hybridized carbons (Fsp3) is 0.692. The lowest BCUT2D eigenvalue weighted by atomic mass is 9.81. The Kier molecular flexibility index (Phi) is 3.47. The summed E-state index contributed by atoms with van der Waals surface area (Å²) in [4.78, 5) is 1.52. The van der Waals surface area contributed by atoms with Crippen LogP contribution >= 0.6 is 11.3 Å². The summed E-state index contributed by atoms with van der Waals surface area (Å²) in [5, 5.41) is 2.17. The first-order chi connectivity index (χ1) is 7.24. The van der Waals surface area contributed by atoms with Crippen LogP contribution < -0.4 is 5.73 Å². The Labute approximate surface area is 96.7 Å². The topological polar surface area (TPSA) is 26.0 Å². The lowest BCUT2D eigenvalue weighted by Gasteiger charge is -2.27. The molecule has 1 saturated carbocycles. The van der Waals surface area contributed by atoms with Gasteiger partial charge in [-0.2, -0.15) is 0 Å². The van der Waals surface area contributed by atoms with E-state index in [0.29, 0.717) is 5.41 Å². The summed E-state index contributed by atoms with van der Waals surface area (Å²) in [7, 11) is 0. The number of rotatable bonds is 4. The molecule has 2 atom stereocenters. The van der Waals surface area contributed by atoms with Crippen LogP contribution in [-0.2, 0) is 6.42 Å². The molecule has 1 aliphatic carbocycles. The third-order valence-electron chi connectivity index (χ3n) is 3.86. The molecule has 0 bridgehead atoms. The third kappa shape index (κ3) is 2.61. The molecular formula is C13H21NS. The van der Waals surface area contributed by atoms with Crippen LogP contribution in [0.1, 0.15) is 37.5 Å². The maximum absolute atomic E-state index is 5.97. The monoisotopic (exact) mass is 223 g/mol. The van der Waals surface area contributed by atoms with Crippen molar-refractivity contribution in [1.82, 2.24) is 0 Å². The van der Waals surface area contributed by atoms with Crippen molar-refractivity contribution in [2.45, 2.75) is 39.0 Å². The second-order valence-electron chi connectivity index (χ2n) is 5.13. The van der Waals surface area contributed by atoms with E-state index in [-0.39, 0.29) is 0 Å². The minimum absolute atomic E-state index is 0.462. The molecule has 1 nitrogen and oxygen atoms in total. The molecule has 0 saturated heterocycles. The normalized spacial score (nSPS) is 30.9. The van der Waals surface area contributed by atoms with Gasteiger partial charge in [0.1, 0.15) is 0 Å². The van der Waals surface area contributed by atoms with Crippen molar-refractivity contribution in [3.63, 3.8) is 0 Å². The molecule has 0 amide bonds. The molecule has 1 aliphatic rings. The van der Waals surface area contributed by atoms with E-state index in [9.17, 15) is 0 Å². The summed E-state index contributed by atoms with van der Waals surface area (Å²) >= 11 is 1.88. The highest BCUT2D eigenvalue weighted by atomic mass is 32.1. The first-order valence-electron chi connectivity index (χ1n) is 5.97. The van der Waals surface area contributed by atoms with Gasteiger partial charge >= 0.3 is 0 Å². The van der Waals surface area contributed by atoms with Crippen molar-refractivity contribution in [2.24, 2.45) is 17.1 Å². The Hall–Kier alpha value is -0.340. The van der Waals surface area contributed by atoms with Crippen molar-refractivity contribution >= 4 is 11.3 Å². The van der Waals surface area contributed by atoms with E-state index in [1.54, 1.807) is 0 Å². The van der Waals surface area contributed by atoms with Crippen molar-refractivity contribution in [1.29, 1.82) is 0 Å². The van der Waals surface area contributed by atoms with Crippen LogP contribution in [0.25, 0.3) is 0 Å². The predicted octanol–water partition coefficient (Wildman–Crippen LogP) is 3.45. The second kappa shape index (κ2) is 4.67. The van der Waals surface area contributed by atoms with Gasteiger partial charge in [-0.3, -0.25) is 0 Å². The van der Waals surface area contributed by atoms with Crippen LogP contribution in [0.15, 0.2) is 17.5 Å². The van der Waals surface area contributed by atoms with Gasteiger partial charge in [0.05, 0.1) is 0 Å². The largest absolute Gasteiger partial charge is 0.330 e. The first kappa shape index (κ1) is 11.2. The molecule has 2 N–H and O–H groups in total. The van der Waals surface area contributed by atoms with Crippen molar-refractivity contribution in [2.75, 3.05) is 6.54 Å². The standard InChI is InChI=1S/C13H21NS/c1-11-4-6-13(9-11,10-14)7-5-12-3-2-8-15-12/h2-3,8,11H,4-7,9-10,14H2,1H3. The number of aryl methyl sites for hydroxylation is 1. The summed E-state index contributed by atoms with van der Waals surface area (Å²) in [6.45, 7) is 3.24. The molecule has 0 aliphatic heterocycles. The van der Waals surface area contributed by atoms with Crippen molar-refractivity contribution in [3.8, 4) is 0 Å². The summed E-state index contributed by atoms with van der Waals surface area (Å²) in [6, 6.07) is 4.39. The molecule has 2 heteroatoms. The van der Waals surface area contributed by atoms with E-state index in [1.807, 2.05) is 11.3 Å². The number of hydrogen-bond donors (Lipinski definition) is 1. The molecule has 2 unspecified atom stereocenters. The lowest BCUT2D eigenvalue weighted by molar-refractivity contribution is 0.274. The van der Waals surface area contributed by atoms with Crippen LogP contribution in [0.2, 0.25) is 0 Å². The summed E-state index contributed by atoms with van der Waals surface area (Å²) in [5.41, 5.74) is 6.44. The molecule has 2 rings (SSSR count). The summed E-state index contributed by atoms with van der Waals surface area (Å²) in [6.07, 6.45) is 6.57. The molecule has 0 radical (unpaired) electrons. The third-order valence-corrected chi connectivity index (χ3v) is 4.80. The van der Waals surface area contributed by atoms with Crippen molar-refractivity contribution < 1.29 is 0 Å². The van der Waals surface area contributed by atoms with Crippen LogP contribution in [0.5, 0.6) is 0 Å². The van der Waals surface area contributed by atoms with Gasteiger partial charge in [-0.1, -0.05) is 19.4 Å². The maximum atomic E-state index is 5.97. The Bertz CT molecular complexity index is 293. The fourth-order valence-corrected chi connectivity index (χ4v) is 3.56. The van der Waals surface area contributed by atoms with Crippen molar-refractivity contribution in [3.05, 3.63) is 22.4 Å². The van der Waals surface area contributed by atoms with E-state index in [2.05, 4.69) is 24.4 Å². The van der Waals surface area contributed by atoms with Gasteiger partial charge in [0.25, 0.3) is 0 Å². The van der Waals surface area contributed by atoms with Gasteiger partial charge in [0.15, 0.2) is 0 Å². The Morgan fingerprint density at radius 2 is 2.47 bits per heavy atom. The van der Waals surface area contributed by atoms with E-state index < -0.39 is 0 Å². The van der Waals surface area contributed by atoms with E-state index in [0.717, 1.165) is 12.5 Å². The minimum Gasteiger partial charge on any atom is -0.330 e. The van der Waals surface area contributed by atoms with Crippen LogP contribution in [0, 0.1) is 11.3 Å². The Balaban J connectivity index is 1.91. The van der Waals surface area contributed by atoms with E-state index in [4.69, 9.17) is 5.73 Å². The van der Waals surface area contributed by atoms with Crippen LogP contribution in [0.3, 0.4) is 0 Å². The molecule has 0 aromatic carbocycles. The smallest absolute Gasteiger partial charge is 0.00454 e. The highest BCUT2D eigenvalue weighted by Crippen LogP contribution is 2.44. The maximum Gasteiger partial charge on any atom is 0.00454 e. The van der Waals surface area contributed by atoms with Gasteiger partial charge in [0.2, 0.25) is 0 Å². The minimum atomic E-state index is 0.462. The van der Waals surface area contributed by atoms with Gasteiger partial charge in [0, 0.05) is 4.88 Å². The van der Waals surface area contributed by atoms with Gasteiger partial charge in [-0.05, 0) is 55.0 Å². The highest BCUT2D eigenvalue weighted by Gasteiger charge is 2.35. The quantitative estimate of drug-likeness (QED) is 0.831. The Morgan fingerprint density at radius 3 is 3.00 bits per heavy atom. The lowest BCUT2D eigenvalue weighted by Crippen LogP contribution is -2.28. The zero-order valence-corrected chi connectivity index (χ0v) is 10.4. The molecule has 84 valence electrons. The molecule has 15 heavy (non-hydrogen) atoms. The number of thiophene rings is 1. The van der Waals surface area contributed by atoms with Gasteiger partial charge in [-0.25, -0.2) is 0 Å². The van der Waals surface area contributed by atoms with E-state index >= 15 is 0 Å². The average Bonchev–Trinajstić information content (AvgIpc) is 2.85. The highest BCUT2D eigenvalue weighted by molar-refractivity contribution is 7.09. The number of hydrogen-bond acceptors (Lipinski definition) is 2. The average molecular weight is 223 g/mol. The Morgan fingerprint density at radius 1 is 1.60 bits per heavy atom. The van der Waals surface area contributed by atoms with Crippen LogP contribution in [0.4, 0.5) is 0 Å². The molecule has 1 heterocycles. The zero-order chi connectivity index (χ0) is 10.7. The molecular weight excluding hydrogens is 202 g/mol.